The van der Waals surface area contributed by atoms with Gasteiger partial charge in [-0.25, -0.2) is 4.68 Å². The number of methoxy groups -OCH3 is 1. The zero-order chi connectivity index (χ0) is 16.8. The number of carbonyl (C=O) groups is 1. The van der Waals surface area contributed by atoms with Crippen LogP contribution in [0.1, 0.15) is 32.4 Å². The van der Waals surface area contributed by atoms with Gasteiger partial charge in [-0.15, -0.1) is 0 Å². The van der Waals surface area contributed by atoms with E-state index in [1.807, 2.05) is 38.1 Å². The number of benzene rings is 1. The predicted octanol–water partition coefficient (Wildman–Crippen LogP) is 3.02. The van der Waals surface area contributed by atoms with Crippen LogP contribution < -0.4 is 10.1 Å². The van der Waals surface area contributed by atoms with Gasteiger partial charge in [0.05, 0.1) is 19.9 Å². The molecule has 1 amide bonds. The van der Waals surface area contributed by atoms with E-state index >= 15 is 0 Å². The van der Waals surface area contributed by atoms with E-state index in [4.69, 9.17) is 9.47 Å². The lowest BCUT2D eigenvalue weighted by Crippen LogP contribution is -2.29. The Morgan fingerprint density at radius 2 is 2.09 bits per heavy atom. The van der Waals surface area contributed by atoms with Gasteiger partial charge in [0.25, 0.3) is 5.91 Å². The van der Waals surface area contributed by atoms with Crippen LogP contribution in [-0.4, -0.2) is 28.9 Å². The van der Waals surface area contributed by atoms with Crippen LogP contribution in [-0.2, 0) is 16.1 Å². The van der Waals surface area contributed by atoms with Gasteiger partial charge in [-0.1, -0.05) is 12.1 Å². The van der Waals surface area contributed by atoms with Crippen LogP contribution in [0.5, 0.6) is 5.75 Å². The Balaban J connectivity index is 1.91. The Morgan fingerprint density at radius 3 is 2.78 bits per heavy atom. The maximum atomic E-state index is 12.2. The molecule has 6 nitrogen and oxygen atoms in total. The Morgan fingerprint density at radius 1 is 1.30 bits per heavy atom. The maximum absolute atomic E-state index is 12.2. The number of rotatable bonds is 7. The second kappa shape index (κ2) is 7.78. The van der Waals surface area contributed by atoms with Gasteiger partial charge in [-0.3, -0.25) is 4.79 Å². The SMILES string of the molecule is COc1cccc(CO[C@H](C)C(=O)Nc2ccnn2C(C)C)c1. The minimum Gasteiger partial charge on any atom is -0.497 e. The van der Waals surface area contributed by atoms with E-state index in [1.54, 1.807) is 31.0 Å². The number of amides is 1. The second-order valence-electron chi connectivity index (χ2n) is 5.55. The summed E-state index contributed by atoms with van der Waals surface area (Å²) in [5, 5.41) is 7.03. The first-order valence-corrected chi connectivity index (χ1v) is 7.60. The Kier molecular flexibility index (Phi) is 5.76. The molecule has 124 valence electrons. The summed E-state index contributed by atoms with van der Waals surface area (Å²) in [6.07, 6.45) is 1.09. The average molecular weight is 317 g/mol. The van der Waals surface area contributed by atoms with E-state index < -0.39 is 6.10 Å². The number of ether oxygens (including phenoxy) is 2. The van der Waals surface area contributed by atoms with Gasteiger partial charge in [-0.2, -0.15) is 5.10 Å². The third-order valence-electron chi connectivity index (χ3n) is 3.41. The largest absolute Gasteiger partial charge is 0.497 e. The van der Waals surface area contributed by atoms with Crippen LogP contribution in [0, 0.1) is 0 Å². The molecule has 0 saturated heterocycles. The topological polar surface area (TPSA) is 65.4 Å². The van der Waals surface area contributed by atoms with Crippen molar-refractivity contribution in [2.75, 3.05) is 12.4 Å². The summed E-state index contributed by atoms with van der Waals surface area (Å²) in [7, 11) is 1.62. The molecular weight excluding hydrogens is 294 g/mol. The number of nitrogens with one attached hydrogen (secondary N) is 1. The summed E-state index contributed by atoms with van der Waals surface area (Å²) >= 11 is 0. The van der Waals surface area contributed by atoms with Gasteiger partial charge in [0.1, 0.15) is 17.7 Å². The minimum absolute atomic E-state index is 0.174. The molecule has 0 radical (unpaired) electrons. The Labute approximate surface area is 136 Å². The molecular formula is C17H23N3O3. The lowest BCUT2D eigenvalue weighted by molar-refractivity contribution is -0.127. The number of hydrogen-bond acceptors (Lipinski definition) is 4. The molecule has 0 fully saturated rings. The zero-order valence-corrected chi connectivity index (χ0v) is 13.9. The standard InChI is InChI=1S/C17H23N3O3/c1-12(2)20-16(8-9-18-20)19-17(21)13(3)23-11-14-6-5-7-15(10-14)22-4/h5-10,12-13H,11H2,1-4H3,(H,19,21)/t13-/m1/s1. The summed E-state index contributed by atoms with van der Waals surface area (Å²) in [6, 6.07) is 9.52. The van der Waals surface area contributed by atoms with Crippen molar-refractivity contribution in [3.63, 3.8) is 0 Å². The normalized spacial score (nSPS) is 12.2. The molecule has 1 aromatic carbocycles. The highest BCUT2D eigenvalue weighted by Crippen LogP contribution is 2.16. The molecule has 6 heteroatoms. The average Bonchev–Trinajstić information content (AvgIpc) is 3.01. The molecule has 1 N–H and O–H groups in total. The van der Waals surface area contributed by atoms with Crippen molar-refractivity contribution in [1.29, 1.82) is 0 Å². The number of nitrogens with zero attached hydrogens (tertiary/aromatic N) is 2. The molecule has 0 spiro atoms. The summed E-state index contributed by atoms with van der Waals surface area (Å²) < 4.78 is 12.6. The molecule has 1 heterocycles. The molecule has 0 aliphatic carbocycles. The maximum Gasteiger partial charge on any atom is 0.254 e. The summed E-state index contributed by atoms with van der Waals surface area (Å²) in [4.78, 5) is 12.2. The van der Waals surface area contributed by atoms with Crippen LogP contribution in [0.3, 0.4) is 0 Å². The van der Waals surface area contributed by atoms with Crippen molar-refractivity contribution >= 4 is 11.7 Å². The van der Waals surface area contributed by atoms with Crippen molar-refractivity contribution in [3.05, 3.63) is 42.1 Å². The first-order valence-electron chi connectivity index (χ1n) is 7.60. The van der Waals surface area contributed by atoms with Gasteiger partial charge in [0.15, 0.2) is 0 Å². The van der Waals surface area contributed by atoms with E-state index in [1.165, 1.54) is 0 Å². The fourth-order valence-corrected chi connectivity index (χ4v) is 2.11. The first kappa shape index (κ1) is 17.0. The zero-order valence-electron chi connectivity index (χ0n) is 13.9. The monoisotopic (exact) mass is 317 g/mol. The van der Waals surface area contributed by atoms with Crippen LogP contribution in [0.15, 0.2) is 36.5 Å². The number of carbonyl (C=O) groups excluding carboxylic acids is 1. The van der Waals surface area contributed by atoms with E-state index in [-0.39, 0.29) is 11.9 Å². The quantitative estimate of drug-likeness (QED) is 0.852. The van der Waals surface area contributed by atoms with E-state index in [0.29, 0.717) is 12.4 Å². The number of hydrogen-bond donors (Lipinski definition) is 1. The van der Waals surface area contributed by atoms with Crippen molar-refractivity contribution in [3.8, 4) is 5.75 Å². The lowest BCUT2D eigenvalue weighted by atomic mass is 10.2. The van der Waals surface area contributed by atoms with Crippen molar-refractivity contribution < 1.29 is 14.3 Å². The highest BCUT2D eigenvalue weighted by molar-refractivity contribution is 5.93. The van der Waals surface area contributed by atoms with Gasteiger partial charge >= 0.3 is 0 Å². The second-order valence-corrected chi connectivity index (χ2v) is 5.55. The minimum atomic E-state index is -0.572. The molecule has 0 bridgehead atoms. The fourth-order valence-electron chi connectivity index (χ4n) is 2.11. The van der Waals surface area contributed by atoms with Crippen LogP contribution in [0.2, 0.25) is 0 Å². The summed E-state index contributed by atoms with van der Waals surface area (Å²) in [5.41, 5.74) is 0.955. The molecule has 0 aliphatic heterocycles. The van der Waals surface area contributed by atoms with E-state index in [0.717, 1.165) is 11.3 Å². The van der Waals surface area contributed by atoms with Gasteiger partial charge in [0, 0.05) is 12.1 Å². The third kappa shape index (κ3) is 4.56. The fraction of sp³-hybridized carbons (Fsp3) is 0.412. The molecule has 2 aromatic rings. The van der Waals surface area contributed by atoms with E-state index in [9.17, 15) is 4.79 Å². The lowest BCUT2D eigenvalue weighted by Gasteiger charge is -2.16. The molecule has 2 rings (SSSR count). The molecule has 0 unspecified atom stereocenters. The van der Waals surface area contributed by atoms with Crippen molar-refractivity contribution in [1.82, 2.24) is 9.78 Å². The molecule has 1 aromatic heterocycles. The number of aromatic nitrogens is 2. The Bertz CT molecular complexity index is 652. The molecule has 0 aliphatic rings. The Hall–Kier alpha value is -2.34. The van der Waals surface area contributed by atoms with Crippen LogP contribution in [0.25, 0.3) is 0 Å². The molecule has 0 saturated carbocycles. The smallest absolute Gasteiger partial charge is 0.254 e. The predicted molar refractivity (Wildman–Crippen MR) is 88.5 cm³/mol. The van der Waals surface area contributed by atoms with Crippen LogP contribution in [0.4, 0.5) is 5.82 Å². The van der Waals surface area contributed by atoms with Gasteiger partial charge < -0.3 is 14.8 Å². The highest BCUT2D eigenvalue weighted by Gasteiger charge is 2.16. The molecule has 23 heavy (non-hydrogen) atoms. The first-order chi connectivity index (χ1) is 11.0. The molecule has 1 atom stereocenters. The van der Waals surface area contributed by atoms with Crippen molar-refractivity contribution in [2.24, 2.45) is 0 Å². The van der Waals surface area contributed by atoms with Gasteiger partial charge in [-0.05, 0) is 38.5 Å². The van der Waals surface area contributed by atoms with E-state index in [2.05, 4.69) is 10.4 Å². The highest BCUT2D eigenvalue weighted by atomic mass is 16.5. The van der Waals surface area contributed by atoms with Crippen LogP contribution >= 0.6 is 0 Å². The van der Waals surface area contributed by atoms with Gasteiger partial charge in [0.2, 0.25) is 0 Å². The summed E-state index contributed by atoms with van der Waals surface area (Å²) in [5.74, 6) is 1.24. The number of anilines is 1. The summed E-state index contributed by atoms with van der Waals surface area (Å²) in [6.45, 7) is 6.08. The third-order valence-corrected chi connectivity index (χ3v) is 3.41. The van der Waals surface area contributed by atoms with Crippen molar-refractivity contribution in [2.45, 2.75) is 39.5 Å².